The minimum atomic E-state index is -3.73. The number of hydrogen-bond acceptors (Lipinski definition) is 5. The Hall–Kier alpha value is -1.41. The van der Waals surface area contributed by atoms with Gasteiger partial charge >= 0.3 is 5.97 Å². The van der Waals surface area contributed by atoms with Crippen LogP contribution in [0.25, 0.3) is 0 Å². The molecule has 0 saturated carbocycles. The third kappa shape index (κ3) is 3.63. The van der Waals surface area contributed by atoms with Crippen LogP contribution in [0.5, 0.6) is 0 Å². The summed E-state index contributed by atoms with van der Waals surface area (Å²) in [5.74, 6) is -1.49. The number of carboxylic acids is 1. The van der Waals surface area contributed by atoms with Crippen molar-refractivity contribution in [3.05, 3.63) is 17.5 Å². The average molecular weight is 248 g/mol. The Labute approximate surface area is 92.5 Å². The number of hydrogen-bond donors (Lipinski definition) is 2. The van der Waals surface area contributed by atoms with Crippen LogP contribution in [0, 0.1) is 6.92 Å². The van der Waals surface area contributed by atoms with Gasteiger partial charge in [-0.05, 0) is 13.8 Å². The molecule has 0 saturated heterocycles. The fourth-order valence-corrected chi connectivity index (χ4v) is 2.27. The summed E-state index contributed by atoms with van der Waals surface area (Å²) >= 11 is 0. The molecule has 7 nitrogen and oxygen atoms in total. The van der Waals surface area contributed by atoms with Gasteiger partial charge < -0.3 is 9.63 Å². The van der Waals surface area contributed by atoms with E-state index in [0.717, 1.165) is 0 Å². The maximum absolute atomic E-state index is 11.5. The highest BCUT2D eigenvalue weighted by Crippen LogP contribution is 2.06. The van der Waals surface area contributed by atoms with Crippen molar-refractivity contribution in [1.29, 1.82) is 0 Å². The summed E-state index contributed by atoms with van der Waals surface area (Å²) in [6.07, 6.45) is 0. The first-order valence-electron chi connectivity index (χ1n) is 4.45. The van der Waals surface area contributed by atoms with E-state index in [1.54, 1.807) is 6.92 Å². The highest BCUT2D eigenvalue weighted by atomic mass is 32.2. The number of carbonyl (C=O) groups is 1. The van der Waals surface area contributed by atoms with Crippen molar-refractivity contribution in [2.24, 2.45) is 0 Å². The molecule has 90 valence electrons. The Morgan fingerprint density at radius 2 is 2.31 bits per heavy atom. The van der Waals surface area contributed by atoms with E-state index in [1.165, 1.54) is 13.0 Å². The lowest BCUT2D eigenvalue weighted by molar-refractivity contribution is -0.138. The van der Waals surface area contributed by atoms with Crippen LogP contribution in [0.15, 0.2) is 10.6 Å². The normalized spacial score (nSPS) is 13.6. The van der Waals surface area contributed by atoms with Crippen LogP contribution >= 0.6 is 0 Å². The third-order valence-corrected chi connectivity index (χ3v) is 3.11. The van der Waals surface area contributed by atoms with Crippen molar-refractivity contribution in [3.63, 3.8) is 0 Å². The summed E-state index contributed by atoms with van der Waals surface area (Å²) in [7, 11) is -3.73. The van der Waals surface area contributed by atoms with Gasteiger partial charge in [-0.3, -0.25) is 4.79 Å². The molecule has 16 heavy (non-hydrogen) atoms. The van der Waals surface area contributed by atoms with Gasteiger partial charge in [0.1, 0.15) is 11.8 Å². The number of aryl methyl sites for hydroxylation is 1. The van der Waals surface area contributed by atoms with Gasteiger partial charge in [0.15, 0.2) is 5.76 Å². The summed E-state index contributed by atoms with van der Waals surface area (Å²) in [5, 5.41) is 12.1. The number of nitrogens with zero attached hydrogens (tertiary/aromatic N) is 1. The maximum Gasteiger partial charge on any atom is 0.321 e. The third-order valence-electron chi connectivity index (χ3n) is 1.74. The molecule has 8 heteroatoms. The Morgan fingerprint density at radius 3 is 2.75 bits per heavy atom. The predicted molar refractivity (Wildman–Crippen MR) is 54.1 cm³/mol. The van der Waals surface area contributed by atoms with Crippen LogP contribution in [0.2, 0.25) is 0 Å². The van der Waals surface area contributed by atoms with Crippen LogP contribution < -0.4 is 4.72 Å². The molecule has 0 spiro atoms. The zero-order chi connectivity index (χ0) is 12.3. The molecule has 1 aromatic rings. The van der Waals surface area contributed by atoms with Crippen LogP contribution in [0.4, 0.5) is 0 Å². The van der Waals surface area contributed by atoms with Crippen molar-refractivity contribution in [1.82, 2.24) is 9.88 Å². The van der Waals surface area contributed by atoms with Gasteiger partial charge in [-0.2, -0.15) is 0 Å². The number of carboxylic acid groups (broad SMARTS) is 1. The smallest absolute Gasteiger partial charge is 0.321 e. The molecule has 0 radical (unpaired) electrons. The molecular weight excluding hydrogens is 236 g/mol. The first-order valence-corrected chi connectivity index (χ1v) is 6.10. The van der Waals surface area contributed by atoms with E-state index >= 15 is 0 Å². The van der Waals surface area contributed by atoms with E-state index < -0.39 is 27.8 Å². The predicted octanol–water partition coefficient (Wildman–Crippen LogP) is -0.124. The fourth-order valence-electron chi connectivity index (χ4n) is 1.03. The van der Waals surface area contributed by atoms with Crippen LogP contribution in [-0.2, 0) is 20.6 Å². The molecule has 0 bridgehead atoms. The van der Waals surface area contributed by atoms with E-state index in [-0.39, 0.29) is 5.76 Å². The summed E-state index contributed by atoms with van der Waals surface area (Å²) < 4.78 is 29.6. The van der Waals surface area contributed by atoms with Gasteiger partial charge in [0.25, 0.3) is 0 Å². The van der Waals surface area contributed by atoms with Crippen molar-refractivity contribution in [3.8, 4) is 0 Å². The molecule has 1 rings (SSSR count). The largest absolute Gasteiger partial charge is 0.480 e. The topological polar surface area (TPSA) is 110 Å². The molecule has 1 heterocycles. The van der Waals surface area contributed by atoms with Crippen LogP contribution in [0.1, 0.15) is 18.4 Å². The average Bonchev–Trinajstić information content (AvgIpc) is 2.48. The lowest BCUT2D eigenvalue weighted by Gasteiger charge is -2.08. The number of aromatic nitrogens is 1. The van der Waals surface area contributed by atoms with Crippen molar-refractivity contribution >= 4 is 16.0 Å². The first kappa shape index (κ1) is 12.7. The van der Waals surface area contributed by atoms with Gasteiger partial charge in [0, 0.05) is 6.07 Å². The van der Waals surface area contributed by atoms with Crippen LogP contribution in [0.3, 0.4) is 0 Å². The fraction of sp³-hybridized carbons (Fsp3) is 0.500. The number of sulfonamides is 1. The van der Waals surface area contributed by atoms with Crippen molar-refractivity contribution < 1.29 is 22.8 Å². The monoisotopic (exact) mass is 248 g/mol. The lowest BCUT2D eigenvalue weighted by Crippen LogP contribution is -2.38. The molecule has 0 aromatic carbocycles. The van der Waals surface area contributed by atoms with Crippen molar-refractivity contribution in [2.75, 3.05) is 0 Å². The minimum Gasteiger partial charge on any atom is -0.480 e. The zero-order valence-electron chi connectivity index (χ0n) is 8.80. The van der Waals surface area contributed by atoms with E-state index in [4.69, 9.17) is 9.63 Å². The summed E-state index contributed by atoms with van der Waals surface area (Å²) in [5.41, 5.74) is 0.566. The van der Waals surface area contributed by atoms with E-state index in [0.29, 0.717) is 5.69 Å². The molecule has 0 aliphatic rings. The quantitative estimate of drug-likeness (QED) is 0.751. The van der Waals surface area contributed by atoms with Gasteiger partial charge in [-0.1, -0.05) is 5.16 Å². The highest BCUT2D eigenvalue weighted by Gasteiger charge is 2.21. The Bertz CT molecular complexity index is 478. The zero-order valence-corrected chi connectivity index (χ0v) is 9.61. The molecule has 1 aromatic heterocycles. The number of aliphatic carboxylic acids is 1. The molecule has 0 aliphatic heterocycles. The Kier molecular flexibility index (Phi) is 3.66. The van der Waals surface area contributed by atoms with Crippen molar-refractivity contribution in [2.45, 2.75) is 25.6 Å². The van der Waals surface area contributed by atoms with Gasteiger partial charge in [0.05, 0.1) is 5.69 Å². The van der Waals surface area contributed by atoms with Gasteiger partial charge in [-0.25, -0.2) is 13.1 Å². The number of nitrogens with one attached hydrogen (secondary N) is 1. The molecule has 1 atom stereocenters. The van der Waals surface area contributed by atoms with Gasteiger partial charge in [-0.15, -0.1) is 0 Å². The molecule has 0 unspecified atom stereocenters. The minimum absolute atomic E-state index is 0.169. The van der Waals surface area contributed by atoms with Gasteiger partial charge in [0.2, 0.25) is 10.0 Å². The van der Waals surface area contributed by atoms with E-state index in [9.17, 15) is 13.2 Å². The standard InChI is InChI=1S/C8H12N2O5S/c1-5-3-7(15-9-5)4-16(13,14)10-6(2)8(11)12/h3,6,10H,4H2,1-2H3,(H,11,12)/t6-/m1/s1. The second-order valence-electron chi connectivity index (χ2n) is 3.37. The highest BCUT2D eigenvalue weighted by molar-refractivity contribution is 7.88. The molecular formula is C8H12N2O5S. The second-order valence-corrected chi connectivity index (χ2v) is 5.13. The van der Waals surface area contributed by atoms with Crippen LogP contribution in [-0.4, -0.2) is 30.7 Å². The molecule has 0 aliphatic carbocycles. The second kappa shape index (κ2) is 4.62. The maximum atomic E-state index is 11.5. The molecule has 0 fully saturated rings. The molecule has 0 amide bonds. The summed E-state index contributed by atoms with van der Waals surface area (Å²) in [4.78, 5) is 10.5. The Morgan fingerprint density at radius 1 is 1.69 bits per heavy atom. The Balaban J connectivity index is 2.69. The summed E-state index contributed by atoms with van der Waals surface area (Å²) in [6, 6.07) is 0.305. The lowest BCUT2D eigenvalue weighted by atomic mass is 10.4. The van der Waals surface area contributed by atoms with E-state index in [2.05, 4.69) is 5.16 Å². The van der Waals surface area contributed by atoms with E-state index in [1.807, 2.05) is 4.72 Å². The summed E-state index contributed by atoms with van der Waals surface area (Å²) in [6.45, 7) is 2.90. The number of rotatable bonds is 5. The SMILES string of the molecule is Cc1cc(CS(=O)(=O)N[C@H](C)C(=O)O)on1. The first-order chi connectivity index (χ1) is 7.30. The molecule has 2 N–H and O–H groups in total.